The van der Waals surface area contributed by atoms with Crippen molar-refractivity contribution in [1.82, 2.24) is 10.6 Å². The summed E-state index contributed by atoms with van der Waals surface area (Å²) in [6.07, 6.45) is 9.97. The summed E-state index contributed by atoms with van der Waals surface area (Å²) >= 11 is 0. The largest absolute Gasteiger partial charge is 0.349 e. The minimum Gasteiger partial charge on any atom is -0.349 e. The van der Waals surface area contributed by atoms with Gasteiger partial charge in [0.05, 0.1) is 0 Å². The van der Waals surface area contributed by atoms with Crippen LogP contribution in [0, 0.1) is 12.8 Å². The number of benzene rings is 2. The number of carbonyl (C=O) groups is 1. The average Bonchev–Trinajstić information content (AvgIpc) is 2.78. The van der Waals surface area contributed by atoms with E-state index >= 15 is 0 Å². The summed E-state index contributed by atoms with van der Waals surface area (Å²) in [6, 6.07) is 15.6. The Hall–Kier alpha value is -2.13. The Morgan fingerprint density at radius 3 is 2.53 bits per heavy atom. The van der Waals surface area contributed by atoms with E-state index < -0.39 is 0 Å². The number of fused-ring (bicyclic) bond motifs is 1. The molecule has 0 heterocycles. The van der Waals surface area contributed by atoms with Crippen molar-refractivity contribution in [3.05, 3.63) is 70.3 Å². The van der Waals surface area contributed by atoms with Crippen molar-refractivity contribution in [1.29, 1.82) is 0 Å². The predicted octanol–water partition coefficient (Wildman–Crippen LogP) is 5.34. The van der Waals surface area contributed by atoms with Gasteiger partial charge < -0.3 is 10.6 Å². The van der Waals surface area contributed by atoms with E-state index in [4.69, 9.17) is 0 Å². The minimum atomic E-state index is 0.0426. The summed E-state index contributed by atoms with van der Waals surface area (Å²) in [4.78, 5) is 12.6. The fourth-order valence-electron chi connectivity index (χ4n) is 5.09. The Morgan fingerprint density at radius 1 is 1.00 bits per heavy atom. The van der Waals surface area contributed by atoms with Crippen molar-refractivity contribution in [3.63, 3.8) is 0 Å². The first-order valence-corrected chi connectivity index (χ1v) is 11.8. The lowest BCUT2D eigenvalue weighted by atomic mass is 9.84. The number of hydrogen-bond donors (Lipinski definition) is 2. The van der Waals surface area contributed by atoms with Crippen molar-refractivity contribution in [2.75, 3.05) is 0 Å². The SMILES string of the molecule is Cc1ccc(C(=O)NC2CCc3cc(CNC(C)C4CCCCC4)ccc3C2)cc1. The molecule has 0 bridgehead atoms. The first-order valence-electron chi connectivity index (χ1n) is 11.8. The molecule has 2 N–H and O–H groups in total. The topological polar surface area (TPSA) is 41.1 Å². The molecular formula is C27H36N2O. The van der Waals surface area contributed by atoms with Gasteiger partial charge in [-0.05, 0) is 80.7 Å². The highest BCUT2D eigenvalue weighted by Crippen LogP contribution is 2.27. The highest BCUT2D eigenvalue weighted by Gasteiger charge is 2.22. The van der Waals surface area contributed by atoms with E-state index in [1.165, 1.54) is 54.4 Å². The van der Waals surface area contributed by atoms with Gasteiger partial charge in [-0.15, -0.1) is 0 Å². The van der Waals surface area contributed by atoms with Crippen LogP contribution < -0.4 is 10.6 Å². The Labute approximate surface area is 181 Å². The fourth-order valence-corrected chi connectivity index (χ4v) is 5.09. The van der Waals surface area contributed by atoms with Crippen LogP contribution in [0.3, 0.4) is 0 Å². The number of nitrogens with one attached hydrogen (secondary N) is 2. The lowest BCUT2D eigenvalue weighted by Gasteiger charge is -2.29. The van der Waals surface area contributed by atoms with E-state index in [9.17, 15) is 4.79 Å². The Bertz CT molecular complexity index is 852. The van der Waals surface area contributed by atoms with Gasteiger partial charge in [0.2, 0.25) is 0 Å². The molecular weight excluding hydrogens is 368 g/mol. The zero-order valence-electron chi connectivity index (χ0n) is 18.5. The Kier molecular flexibility index (Phi) is 6.89. The van der Waals surface area contributed by atoms with E-state index in [1.807, 2.05) is 31.2 Å². The fraction of sp³-hybridized carbons (Fsp3) is 0.519. The Balaban J connectivity index is 1.30. The number of amides is 1. The summed E-state index contributed by atoms with van der Waals surface area (Å²) in [5, 5.41) is 7.01. The van der Waals surface area contributed by atoms with Crippen LogP contribution in [-0.2, 0) is 19.4 Å². The van der Waals surface area contributed by atoms with Crippen LogP contribution in [0.4, 0.5) is 0 Å². The van der Waals surface area contributed by atoms with Crippen LogP contribution in [0.1, 0.15) is 78.1 Å². The maximum absolute atomic E-state index is 12.6. The zero-order chi connectivity index (χ0) is 20.9. The van der Waals surface area contributed by atoms with Crippen LogP contribution in [-0.4, -0.2) is 18.0 Å². The molecule has 160 valence electrons. The van der Waals surface area contributed by atoms with Gasteiger partial charge in [-0.3, -0.25) is 4.79 Å². The predicted molar refractivity (Wildman–Crippen MR) is 124 cm³/mol. The molecule has 0 saturated heterocycles. The van der Waals surface area contributed by atoms with Crippen molar-refractivity contribution >= 4 is 5.91 Å². The number of rotatable bonds is 6. The summed E-state index contributed by atoms with van der Waals surface area (Å²) < 4.78 is 0. The maximum Gasteiger partial charge on any atom is 0.251 e. The molecule has 1 fully saturated rings. The van der Waals surface area contributed by atoms with Crippen molar-refractivity contribution in [3.8, 4) is 0 Å². The van der Waals surface area contributed by atoms with Gasteiger partial charge in [-0.1, -0.05) is 55.2 Å². The van der Waals surface area contributed by atoms with Gasteiger partial charge >= 0.3 is 0 Å². The number of carbonyl (C=O) groups excluding carboxylic acids is 1. The van der Waals surface area contributed by atoms with Gasteiger partial charge in [0.25, 0.3) is 5.91 Å². The second-order valence-electron chi connectivity index (χ2n) is 9.45. The molecule has 3 heteroatoms. The Morgan fingerprint density at radius 2 is 1.77 bits per heavy atom. The van der Waals surface area contributed by atoms with Crippen molar-refractivity contribution in [2.24, 2.45) is 5.92 Å². The van der Waals surface area contributed by atoms with Crippen LogP contribution in [0.15, 0.2) is 42.5 Å². The maximum atomic E-state index is 12.6. The summed E-state index contributed by atoms with van der Waals surface area (Å²) in [6.45, 7) is 5.36. The molecule has 3 nitrogen and oxygen atoms in total. The summed E-state index contributed by atoms with van der Waals surface area (Å²) in [7, 11) is 0. The molecule has 1 saturated carbocycles. The molecule has 2 aromatic carbocycles. The van der Waals surface area contributed by atoms with Gasteiger partial charge in [0.1, 0.15) is 0 Å². The van der Waals surface area contributed by atoms with Crippen LogP contribution in [0.2, 0.25) is 0 Å². The highest BCUT2D eigenvalue weighted by atomic mass is 16.1. The first-order chi connectivity index (χ1) is 14.6. The minimum absolute atomic E-state index is 0.0426. The van der Waals surface area contributed by atoms with Crippen LogP contribution in [0.25, 0.3) is 0 Å². The van der Waals surface area contributed by atoms with E-state index in [2.05, 4.69) is 35.8 Å². The molecule has 0 aliphatic heterocycles. The van der Waals surface area contributed by atoms with Crippen LogP contribution >= 0.6 is 0 Å². The normalized spacial score (nSPS) is 20.4. The van der Waals surface area contributed by atoms with Crippen LogP contribution in [0.5, 0.6) is 0 Å². The molecule has 2 atom stereocenters. The second kappa shape index (κ2) is 9.78. The number of hydrogen-bond acceptors (Lipinski definition) is 2. The van der Waals surface area contributed by atoms with Gasteiger partial charge in [-0.25, -0.2) is 0 Å². The number of aryl methyl sites for hydroxylation is 2. The smallest absolute Gasteiger partial charge is 0.251 e. The highest BCUT2D eigenvalue weighted by molar-refractivity contribution is 5.94. The molecule has 2 aromatic rings. The molecule has 2 unspecified atom stereocenters. The standard InChI is InChI=1S/C27H36N2O/c1-19-8-11-23(12-9-19)27(30)29-26-15-14-24-16-21(10-13-25(24)17-26)18-28-20(2)22-6-4-3-5-7-22/h8-13,16,20,22,26,28H,3-7,14-15,17-18H2,1-2H3,(H,29,30). The van der Waals surface area contributed by atoms with E-state index in [0.717, 1.165) is 37.3 Å². The molecule has 4 rings (SSSR count). The third kappa shape index (κ3) is 5.31. The van der Waals surface area contributed by atoms with Gasteiger partial charge in [-0.2, -0.15) is 0 Å². The second-order valence-corrected chi connectivity index (χ2v) is 9.45. The quantitative estimate of drug-likeness (QED) is 0.682. The molecule has 2 aliphatic rings. The van der Waals surface area contributed by atoms with E-state index in [-0.39, 0.29) is 11.9 Å². The van der Waals surface area contributed by atoms with E-state index in [1.54, 1.807) is 0 Å². The lowest BCUT2D eigenvalue weighted by molar-refractivity contribution is 0.0933. The van der Waals surface area contributed by atoms with E-state index in [0.29, 0.717) is 6.04 Å². The average molecular weight is 405 g/mol. The third-order valence-electron chi connectivity index (χ3n) is 7.13. The first kappa shape index (κ1) is 21.1. The zero-order valence-corrected chi connectivity index (χ0v) is 18.5. The summed E-state index contributed by atoms with van der Waals surface area (Å²) in [5.74, 6) is 0.884. The molecule has 0 aromatic heterocycles. The van der Waals surface area contributed by atoms with Gasteiger partial charge in [0.15, 0.2) is 0 Å². The van der Waals surface area contributed by atoms with Crippen molar-refractivity contribution < 1.29 is 4.79 Å². The monoisotopic (exact) mass is 404 g/mol. The third-order valence-corrected chi connectivity index (χ3v) is 7.13. The molecule has 2 aliphatic carbocycles. The molecule has 0 spiro atoms. The molecule has 30 heavy (non-hydrogen) atoms. The molecule has 0 radical (unpaired) electrons. The van der Waals surface area contributed by atoms with Crippen molar-refractivity contribution in [2.45, 2.75) is 83.8 Å². The molecule has 1 amide bonds. The van der Waals surface area contributed by atoms with Gasteiger partial charge in [0, 0.05) is 24.2 Å². The summed E-state index contributed by atoms with van der Waals surface area (Å²) in [5.41, 5.74) is 6.16. The lowest BCUT2D eigenvalue weighted by Crippen LogP contribution is -2.39.